The van der Waals surface area contributed by atoms with Gasteiger partial charge < -0.3 is 4.74 Å². The van der Waals surface area contributed by atoms with Crippen LogP contribution in [-0.2, 0) is 12.8 Å². The average molecular weight is 419 g/mol. The third-order valence-electron chi connectivity index (χ3n) is 4.65. The molecular weight excluding hydrogens is 392 g/mol. The van der Waals surface area contributed by atoms with E-state index < -0.39 is 0 Å². The normalized spacial score (nSPS) is 11.1. The van der Waals surface area contributed by atoms with Crippen LogP contribution in [0.5, 0.6) is 5.06 Å². The summed E-state index contributed by atoms with van der Waals surface area (Å²) in [5.74, 6) is 0. The van der Waals surface area contributed by atoms with Gasteiger partial charge in [-0.1, -0.05) is 38.0 Å². The minimum Gasteiger partial charge on any atom is -0.487 e. The predicted molar refractivity (Wildman–Crippen MR) is 120 cm³/mol. The molecule has 0 atom stereocenters. The molecule has 0 unspecified atom stereocenters. The van der Waals surface area contributed by atoms with Crippen LogP contribution < -0.4 is 4.74 Å². The van der Waals surface area contributed by atoms with Crippen LogP contribution in [0.25, 0.3) is 19.5 Å². The number of carbonyl (C=O) groups excluding carboxylic acids is 1. The second kappa shape index (κ2) is 9.67. The van der Waals surface area contributed by atoms with Crippen molar-refractivity contribution in [3.63, 3.8) is 0 Å². The van der Waals surface area contributed by atoms with E-state index in [2.05, 4.69) is 32.0 Å². The van der Waals surface area contributed by atoms with Gasteiger partial charge in [0.25, 0.3) is 0 Å². The fourth-order valence-corrected chi connectivity index (χ4v) is 6.54. The molecule has 0 aliphatic carbocycles. The van der Waals surface area contributed by atoms with Gasteiger partial charge in [0.15, 0.2) is 11.3 Å². The molecule has 0 fully saturated rings. The molecule has 3 rings (SSSR count). The molecule has 0 amide bonds. The van der Waals surface area contributed by atoms with E-state index in [0.29, 0.717) is 0 Å². The maximum atomic E-state index is 11.2. The van der Waals surface area contributed by atoms with Gasteiger partial charge in [-0.25, -0.2) is 0 Å². The molecule has 0 aliphatic rings. The maximum Gasteiger partial charge on any atom is 0.173 e. The zero-order valence-corrected chi connectivity index (χ0v) is 18.6. The molecule has 0 aromatic carbocycles. The fourth-order valence-electron chi connectivity index (χ4n) is 3.22. The largest absolute Gasteiger partial charge is 0.487 e. The van der Waals surface area contributed by atoms with Crippen molar-refractivity contribution in [1.82, 2.24) is 0 Å². The summed E-state index contributed by atoms with van der Waals surface area (Å²) < 4.78 is 5.43. The van der Waals surface area contributed by atoms with Crippen molar-refractivity contribution in [1.29, 1.82) is 0 Å². The van der Waals surface area contributed by atoms with Gasteiger partial charge in [0.05, 0.1) is 12.0 Å². The standard InChI is InChI=1S/C22H26O2S3/c1-4-6-8-16-17(9-7-5-2)22(19-12-13-20(24-3)26-19)27-21(16)18-11-10-15(14-23)25-18/h10-14H,4-9H2,1-3H3. The van der Waals surface area contributed by atoms with Crippen LogP contribution in [0, 0.1) is 0 Å². The highest BCUT2D eigenvalue weighted by molar-refractivity contribution is 7.27. The average Bonchev–Trinajstić information content (AvgIpc) is 3.42. The monoisotopic (exact) mass is 418 g/mol. The Hall–Kier alpha value is -1.43. The van der Waals surface area contributed by atoms with Crippen LogP contribution in [0.2, 0.25) is 0 Å². The molecule has 2 nitrogen and oxygen atoms in total. The summed E-state index contributed by atoms with van der Waals surface area (Å²) in [7, 11) is 1.73. The number of thiophene rings is 3. The van der Waals surface area contributed by atoms with Crippen molar-refractivity contribution in [2.45, 2.75) is 52.4 Å². The summed E-state index contributed by atoms with van der Waals surface area (Å²) >= 11 is 5.22. The summed E-state index contributed by atoms with van der Waals surface area (Å²) in [5, 5.41) is 0.955. The number of ether oxygens (including phenoxy) is 1. The highest BCUT2D eigenvalue weighted by Gasteiger charge is 2.22. The molecule has 144 valence electrons. The summed E-state index contributed by atoms with van der Waals surface area (Å²) in [4.78, 5) is 17.2. The summed E-state index contributed by atoms with van der Waals surface area (Å²) in [6, 6.07) is 8.29. The fraction of sp³-hybridized carbons (Fsp3) is 0.409. The smallest absolute Gasteiger partial charge is 0.173 e. The van der Waals surface area contributed by atoms with Gasteiger partial charge in [-0.3, -0.25) is 4.79 Å². The van der Waals surface area contributed by atoms with Crippen LogP contribution in [0.3, 0.4) is 0 Å². The summed E-state index contributed by atoms with van der Waals surface area (Å²) in [6.45, 7) is 4.50. The quantitative estimate of drug-likeness (QED) is 0.315. The van der Waals surface area contributed by atoms with E-state index in [9.17, 15) is 4.79 Å². The molecule has 3 aromatic rings. The molecule has 0 spiro atoms. The zero-order chi connectivity index (χ0) is 19.2. The van der Waals surface area contributed by atoms with Crippen LogP contribution in [0.15, 0.2) is 24.3 Å². The van der Waals surface area contributed by atoms with Crippen LogP contribution in [-0.4, -0.2) is 13.4 Å². The SMILES string of the molecule is CCCCc1c(-c2ccc(C=O)s2)sc(-c2ccc(OC)s2)c1CCCC. The molecule has 0 bridgehead atoms. The van der Waals surface area contributed by atoms with Gasteiger partial charge in [-0.2, -0.15) is 0 Å². The van der Waals surface area contributed by atoms with Gasteiger partial charge in [0.2, 0.25) is 0 Å². The second-order valence-electron chi connectivity index (χ2n) is 6.57. The van der Waals surface area contributed by atoms with Crippen LogP contribution in [0.1, 0.15) is 60.3 Å². The third kappa shape index (κ3) is 4.53. The van der Waals surface area contributed by atoms with Crippen molar-refractivity contribution in [3.8, 4) is 24.6 Å². The van der Waals surface area contributed by atoms with E-state index in [0.717, 1.165) is 29.1 Å². The number of carbonyl (C=O) groups is 1. The van der Waals surface area contributed by atoms with Gasteiger partial charge in [0.1, 0.15) is 0 Å². The lowest BCUT2D eigenvalue weighted by Gasteiger charge is -2.08. The molecule has 3 aromatic heterocycles. The first-order chi connectivity index (χ1) is 13.2. The molecule has 0 saturated heterocycles. The first-order valence-electron chi connectivity index (χ1n) is 9.55. The number of hydrogen-bond donors (Lipinski definition) is 0. The number of methoxy groups -OCH3 is 1. The highest BCUT2D eigenvalue weighted by Crippen LogP contribution is 2.48. The third-order valence-corrected chi connectivity index (χ3v) is 8.34. The van der Waals surface area contributed by atoms with Crippen molar-refractivity contribution in [2.75, 3.05) is 7.11 Å². The Labute approximate surface area is 173 Å². The summed E-state index contributed by atoms with van der Waals surface area (Å²) in [5.41, 5.74) is 3.01. The van der Waals surface area contributed by atoms with Gasteiger partial charge >= 0.3 is 0 Å². The molecule has 3 heterocycles. The van der Waals surface area contributed by atoms with Crippen LogP contribution in [0.4, 0.5) is 0 Å². The van der Waals surface area contributed by atoms with Crippen molar-refractivity contribution >= 4 is 40.3 Å². The lowest BCUT2D eigenvalue weighted by atomic mass is 9.97. The van der Waals surface area contributed by atoms with E-state index in [4.69, 9.17) is 4.74 Å². The minimum absolute atomic E-state index is 0.800. The molecule has 5 heteroatoms. The van der Waals surface area contributed by atoms with Gasteiger partial charge in [-0.05, 0) is 61.1 Å². The van der Waals surface area contributed by atoms with E-state index in [-0.39, 0.29) is 0 Å². The lowest BCUT2D eigenvalue weighted by molar-refractivity contribution is 0.112. The maximum absolute atomic E-state index is 11.2. The molecule has 0 radical (unpaired) electrons. The Balaban J connectivity index is 2.13. The first-order valence-corrected chi connectivity index (χ1v) is 12.0. The highest BCUT2D eigenvalue weighted by atomic mass is 32.1. The number of unbranched alkanes of at least 4 members (excludes halogenated alkanes) is 2. The first kappa shape index (κ1) is 20.3. The Morgan fingerprint density at radius 2 is 1.44 bits per heavy atom. The summed E-state index contributed by atoms with van der Waals surface area (Å²) in [6.07, 6.45) is 7.97. The molecule has 27 heavy (non-hydrogen) atoms. The number of aldehydes is 1. The van der Waals surface area contributed by atoms with Crippen LogP contribution >= 0.6 is 34.0 Å². The molecule has 0 aliphatic heterocycles. The van der Waals surface area contributed by atoms with E-state index in [1.165, 1.54) is 56.3 Å². The van der Waals surface area contributed by atoms with Crippen molar-refractivity contribution in [2.24, 2.45) is 0 Å². The van der Waals surface area contributed by atoms with E-state index in [1.54, 1.807) is 29.8 Å². The molecular formula is C22H26O2S3. The van der Waals surface area contributed by atoms with E-state index in [1.807, 2.05) is 17.4 Å². The Kier molecular flexibility index (Phi) is 7.27. The van der Waals surface area contributed by atoms with E-state index >= 15 is 0 Å². The van der Waals surface area contributed by atoms with Crippen molar-refractivity contribution in [3.05, 3.63) is 40.3 Å². The Morgan fingerprint density at radius 1 is 0.852 bits per heavy atom. The zero-order valence-electron chi connectivity index (χ0n) is 16.2. The predicted octanol–water partition coefficient (Wildman–Crippen LogP) is 7.71. The minimum atomic E-state index is 0.800. The molecule has 0 N–H and O–H groups in total. The Morgan fingerprint density at radius 3 is 1.93 bits per heavy atom. The topological polar surface area (TPSA) is 26.3 Å². The van der Waals surface area contributed by atoms with Gasteiger partial charge in [0, 0.05) is 19.5 Å². The Bertz CT molecular complexity index is 885. The number of rotatable bonds is 10. The lowest BCUT2D eigenvalue weighted by Crippen LogP contribution is -1.94. The second-order valence-corrected chi connectivity index (χ2v) is 9.75. The van der Waals surface area contributed by atoms with Crippen molar-refractivity contribution < 1.29 is 9.53 Å². The van der Waals surface area contributed by atoms with Gasteiger partial charge in [-0.15, -0.1) is 22.7 Å². The number of hydrogen-bond acceptors (Lipinski definition) is 5. The molecule has 0 saturated carbocycles.